The highest BCUT2D eigenvalue weighted by Crippen LogP contribution is 2.25. The Morgan fingerprint density at radius 2 is 2.10 bits per heavy atom. The number of halogens is 4. The molecule has 0 saturated carbocycles. The van der Waals surface area contributed by atoms with Crippen LogP contribution in [0.5, 0.6) is 5.75 Å². The van der Waals surface area contributed by atoms with Crippen LogP contribution >= 0.6 is 35.6 Å². The number of hydrogen-bond donors (Lipinski definition) is 2. The van der Waals surface area contributed by atoms with Gasteiger partial charge >= 0.3 is 6.61 Å². The first kappa shape index (κ1) is 24.1. The van der Waals surface area contributed by atoms with Gasteiger partial charge in [0.05, 0.1) is 12.2 Å². The van der Waals surface area contributed by atoms with Crippen molar-refractivity contribution in [3.8, 4) is 5.75 Å². The van der Waals surface area contributed by atoms with Crippen LogP contribution < -0.4 is 15.4 Å². The van der Waals surface area contributed by atoms with E-state index in [4.69, 9.17) is 11.6 Å². The number of hydrogen-bond acceptors (Lipinski definition) is 3. The number of rotatable bonds is 8. The van der Waals surface area contributed by atoms with Crippen LogP contribution in [-0.2, 0) is 13.0 Å². The van der Waals surface area contributed by atoms with Gasteiger partial charge in [0.25, 0.3) is 0 Å². The van der Waals surface area contributed by atoms with Gasteiger partial charge in [-0.05, 0) is 37.3 Å². The van der Waals surface area contributed by atoms with Crippen LogP contribution in [0.1, 0.15) is 18.2 Å². The molecule has 3 rings (SSSR count). The first-order chi connectivity index (χ1) is 14.0. The topological polar surface area (TPSA) is 63.0 Å². The van der Waals surface area contributed by atoms with Crippen molar-refractivity contribution in [1.29, 1.82) is 0 Å². The molecule has 0 fully saturated rings. The molecule has 0 aliphatic heterocycles. The third kappa shape index (κ3) is 6.98. The predicted molar refractivity (Wildman–Crippen MR) is 125 cm³/mol. The Morgan fingerprint density at radius 1 is 1.27 bits per heavy atom. The largest absolute Gasteiger partial charge is 0.434 e. The van der Waals surface area contributed by atoms with Gasteiger partial charge in [0.15, 0.2) is 5.96 Å². The molecule has 0 aliphatic rings. The molecule has 0 aliphatic carbocycles. The van der Waals surface area contributed by atoms with Crippen molar-refractivity contribution in [3.63, 3.8) is 0 Å². The third-order valence-corrected chi connectivity index (χ3v) is 4.31. The number of alkyl halides is 2. The van der Waals surface area contributed by atoms with E-state index >= 15 is 0 Å². The molecule has 6 nitrogen and oxygen atoms in total. The molecule has 162 valence electrons. The minimum atomic E-state index is -2.91. The highest BCUT2D eigenvalue weighted by molar-refractivity contribution is 14.0. The van der Waals surface area contributed by atoms with E-state index in [9.17, 15) is 8.78 Å². The lowest BCUT2D eigenvalue weighted by Gasteiger charge is -2.12. The standard InChI is InChI=1S/C20H22ClF2N5O.HI/c1-2-24-20(25-9-8-16-13-28-10-4-3-5-18(28)27-16)26-12-14-11-15(21)6-7-17(14)29-19(22)23;/h3-7,10-11,13,19H,2,8-9,12H2,1H3,(H2,24,25,26);1H. The number of ether oxygens (including phenoxy) is 1. The maximum Gasteiger partial charge on any atom is 0.387 e. The van der Waals surface area contributed by atoms with Crippen LogP contribution in [0, 0.1) is 0 Å². The number of nitrogens with zero attached hydrogens (tertiary/aromatic N) is 3. The molecule has 0 spiro atoms. The minimum absolute atomic E-state index is 0. The van der Waals surface area contributed by atoms with Gasteiger partial charge in [-0.1, -0.05) is 17.7 Å². The van der Waals surface area contributed by atoms with Crippen LogP contribution in [0.15, 0.2) is 53.8 Å². The lowest BCUT2D eigenvalue weighted by atomic mass is 10.2. The van der Waals surface area contributed by atoms with Crippen molar-refractivity contribution in [2.24, 2.45) is 4.99 Å². The van der Waals surface area contributed by atoms with Gasteiger partial charge < -0.3 is 19.8 Å². The first-order valence-electron chi connectivity index (χ1n) is 9.23. The highest BCUT2D eigenvalue weighted by atomic mass is 127. The lowest BCUT2D eigenvalue weighted by Crippen LogP contribution is -2.38. The first-order valence-corrected chi connectivity index (χ1v) is 9.61. The predicted octanol–water partition coefficient (Wildman–Crippen LogP) is 4.50. The van der Waals surface area contributed by atoms with E-state index in [2.05, 4.69) is 25.3 Å². The zero-order valence-electron chi connectivity index (χ0n) is 16.3. The van der Waals surface area contributed by atoms with Crippen molar-refractivity contribution in [3.05, 3.63) is 65.1 Å². The fraction of sp³-hybridized carbons (Fsp3) is 0.300. The Hall–Kier alpha value is -2.14. The Balaban J connectivity index is 0.00000320. The number of benzene rings is 1. The van der Waals surface area contributed by atoms with E-state index in [0.717, 1.165) is 11.3 Å². The van der Waals surface area contributed by atoms with Crippen molar-refractivity contribution in [1.82, 2.24) is 20.0 Å². The Kier molecular flexibility index (Phi) is 9.57. The van der Waals surface area contributed by atoms with Crippen LogP contribution in [0.25, 0.3) is 5.65 Å². The molecule has 0 unspecified atom stereocenters. The number of fused-ring (bicyclic) bond motifs is 1. The number of nitrogens with one attached hydrogen (secondary N) is 2. The molecule has 0 atom stereocenters. The molecule has 0 radical (unpaired) electrons. The average Bonchev–Trinajstić information content (AvgIpc) is 3.10. The van der Waals surface area contributed by atoms with Crippen LogP contribution in [-0.4, -0.2) is 35.0 Å². The van der Waals surface area contributed by atoms with E-state index in [1.807, 2.05) is 41.9 Å². The summed E-state index contributed by atoms with van der Waals surface area (Å²) in [5, 5.41) is 6.79. The summed E-state index contributed by atoms with van der Waals surface area (Å²) >= 11 is 5.98. The smallest absolute Gasteiger partial charge is 0.387 e. The van der Waals surface area contributed by atoms with Gasteiger partial charge in [0, 0.05) is 42.5 Å². The third-order valence-electron chi connectivity index (χ3n) is 4.08. The zero-order valence-corrected chi connectivity index (χ0v) is 19.4. The summed E-state index contributed by atoms with van der Waals surface area (Å²) in [4.78, 5) is 9.01. The van der Waals surface area contributed by atoms with Gasteiger partial charge in [0.1, 0.15) is 11.4 Å². The quantitative estimate of drug-likeness (QED) is 0.247. The minimum Gasteiger partial charge on any atom is -0.434 e. The Morgan fingerprint density at radius 3 is 2.83 bits per heavy atom. The van der Waals surface area contributed by atoms with E-state index in [0.29, 0.717) is 36.1 Å². The summed E-state index contributed by atoms with van der Waals surface area (Å²) in [5.41, 5.74) is 2.34. The zero-order chi connectivity index (χ0) is 20.6. The number of aromatic nitrogens is 2. The summed E-state index contributed by atoms with van der Waals surface area (Å²) in [6, 6.07) is 10.3. The molecule has 2 heterocycles. The van der Waals surface area contributed by atoms with Crippen LogP contribution in [0.2, 0.25) is 5.02 Å². The molecular formula is C20H23ClF2IN5O. The molecule has 0 amide bonds. The molecular weight excluding hydrogens is 527 g/mol. The van der Waals surface area contributed by atoms with Gasteiger partial charge in [-0.15, -0.1) is 24.0 Å². The second-order valence-electron chi connectivity index (χ2n) is 6.20. The Bertz CT molecular complexity index is 950. The van der Waals surface area contributed by atoms with Crippen molar-refractivity contribution < 1.29 is 13.5 Å². The number of pyridine rings is 1. The fourth-order valence-electron chi connectivity index (χ4n) is 2.81. The van der Waals surface area contributed by atoms with Gasteiger partial charge in [-0.3, -0.25) is 0 Å². The van der Waals surface area contributed by atoms with Crippen molar-refractivity contribution in [2.45, 2.75) is 26.5 Å². The molecule has 2 aromatic heterocycles. The van der Waals surface area contributed by atoms with E-state index in [1.54, 1.807) is 6.07 Å². The summed E-state index contributed by atoms with van der Waals surface area (Å²) in [7, 11) is 0. The molecule has 2 N–H and O–H groups in total. The maximum absolute atomic E-state index is 12.6. The van der Waals surface area contributed by atoms with E-state index in [1.165, 1.54) is 12.1 Å². The summed E-state index contributed by atoms with van der Waals surface area (Å²) in [6.45, 7) is 0.466. The normalized spacial score (nSPS) is 11.4. The highest BCUT2D eigenvalue weighted by Gasteiger charge is 2.10. The van der Waals surface area contributed by atoms with E-state index in [-0.39, 0.29) is 36.3 Å². The molecule has 30 heavy (non-hydrogen) atoms. The molecule has 0 saturated heterocycles. The summed E-state index contributed by atoms with van der Waals surface area (Å²) in [6.07, 6.45) is 4.65. The molecule has 3 aromatic rings. The second-order valence-corrected chi connectivity index (χ2v) is 6.64. The fourth-order valence-corrected chi connectivity index (χ4v) is 3.00. The maximum atomic E-state index is 12.6. The molecule has 0 bridgehead atoms. The van der Waals surface area contributed by atoms with Crippen molar-refractivity contribution >= 4 is 47.2 Å². The van der Waals surface area contributed by atoms with E-state index < -0.39 is 6.61 Å². The number of aliphatic imine (C=N–C) groups is 1. The molecule has 10 heteroatoms. The van der Waals surface area contributed by atoms with Crippen LogP contribution in [0.4, 0.5) is 8.78 Å². The lowest BCUT2D eigenvalue weighted by molar-refractivity contribution is -0.0504. The SMILES string of the molecule is CCNC(=NCc1cc(Cl)ccc1OC(F)F)NCCc1cn2ccccc2n1.I. The second kappa shape index (κ2) is 11.9. The van der Waals surface area contributed by atoms with Gasteiger partial charge in [-0.2, -0.15) is 8.78 Å². The van der Waals surface area contributed by atoms with Gasteiger partial charge in [0.2, 0.25) is 0 Å². The van der Waals surface area contributed by atoms with Crippen LogP contribution in [0.3, 0.4) is 0 Å². The number of imidazole rings is 1. The van der Waals surface area contributed by atoms with Gasteiger partial charge in [-0.25, -0.2) is 9.98 Å². The monoisotopic (exact) mass is 549 g/mol. The molecule has 1 aromatic carbocycles. The number of guanidine groups is 1. The Labute approximate surface area is 195 Å². The summed E-state index contributed by atoms with van der Waals surface area (Å²) < 4.78 is 31.7. The average molecular weight is 550 g/mol. The van der Waals surface area contributed by atoms with Crippen molar-refractivity contribution in [2.75, 3.05) is 13.1 Å². The summed E-state index contributed by atoms with van der Waals surface area (Å²) in [5.74, 6) is 0.632.